The molecule has 0 aromatic carbocycles. The Kier molecular flexibility index (Phi) is 4.01. The SMILES string of the molecule is COCCn1nc(-c2cccs2)cc(C=O)c1=O. The summed E-state index contributed by atoms with van der Waals surface area (Å²) in [5.74, 6) is 0. The van der Waals surface area contributed by atoms with E-state index in [1.807, 2.05) is 17.5 Å². The minimum Gasteiger partial charge on any atom is -0.383 e. The van der Waals surface area contributed by atoms with Crippen LogP contribution in [0.4, 0.5) is 0 Å². The molecule has 0 aliphatic rings. The highest BCUT2D eigenvalue weighted by molar-refractivity contribution is 7.13. The van der Waals surface area contributed by atoms with Gasteiger partial charge in [-0.3, -0.25) is 9.59 Å². The van der Waals surface area contributed by atoms with Crippen molar-refractivity contribution in [2.75, 3.05) is 13.7 Å². The molecule has 2 rings (SSSR count). The van der Waals surface area contributed by atoms with Gasteiger partial charge in [0, 0.05) is 7.11 Å². The van der Waals surface area contributed by atoms with E-state index in [0.717, 1.165) is 4.88 Å². The number of methoxy groups -OCH3 is 1. The van der Waals surface area contributed by atoms with Gasteiger partial charge in [0.15, 0.2) is 6.29 Å². The summed E-state index contributed by atoms with van der Waals surface area (Å²) in [6.45, 7) is 0.703. The Morgan fingerprint density at radius 1 is 1.56 bits per heavy atom. The zero-order valence-corrected chi connectivity index (χ0v) is 10.6. The summed E-state index contributed by atoms with van der Waals surface area (Å²) in [6, 6.07) is 5.31. The smallest absolute Gasteiger partial charge is 0.277 e. The molecule has 0 atom stereocenters. The van der Waals surface area contributed by atoms with Crippen molar-refractivity contribution in [2.24, 2.45) is 0 Å². The minimum atomic E-state index is -0.387. The van der Waals surface area contributed by atoms with E-state index in [4.69, 9.17) is 4.74 Å². The molecule has 0 aliphatic heterocycles. The Labute approximate surface area is 108 Å². The molecule has 6 heteroatoms. The zero-order chi connectivity index (χ0) is 13.0. The fraction of sp³-hybridized carbons (Fsp3) is 0.250. The first-order chi connectivity index (χ1) is 8.76. The van der Waals surface area contributed by atoms with Crippen molar-refractivity contribution in [2.45, 2.75) is 6.54 Å². The Bertz CT molecular complexity index is 590. The molecule has 2 heterocycles. The topological polar surface area (TPSA) is 61.2 Å². The summed E-state index contributed by atoms with van der Waals surface area (Å²) in [5.41, 5.74) is 0.356. The maximum Gasteiger partial charge on any atom is 0.277 e. The lowest BCUT2D eigenvalue weighted by Crippen LogP contribution is -2.28. The number of hydrogen-bond donors (Lipinski definition) is 0. The first-order valence-electron chi connectivity index (χ1n) is 5.36. The number of hydrogen-bond acceptors (Lipinski definition) is 5. The lowest BCUT2D eigenvalue weighted by molar-refractivity contribution is 0.112. The Balaban J connectivity index is 2.49. The molecule has 94 valence electrons. The average Bonchev–Trinajstić information content (AvgIpc) is 2.91. The fourth-order valence-corrected chi connectivity index (χ4v) is 2.20. The van der Waals surface area contributed by atoms with E-state index in [2.05, 4.69) is 5.10 Å². The summed E-state index contributed by atoms with van der Waals surface area (Å²) in [5, 5.41) is 6.16. The molecule has 0 amide bonds. The van der Waals surface area contributed by atoms with Crippen molar-refractivity contribution in [1.82, 2.24) is 9.78 Å². The highest BCUT2D eigenvalue weighted by Crippen LogP contribution is 2.21. The van der Waals surface area contributed by atoms with Gasteiger partial charge in [-0.25, -0.2) is 4.68 Å². The van der Waals surface area contributed by atoms with Crippen LogP contribution in [0.3, 0.4) is 0 Å². The first-order valence-corrected chi connectivity index (χ1v) is 6.24. The largest absolute Gasteiger partial charge is 0.383 e. The summed E-state index contributed by atoms with van der Waals surface area (Å²) < 4.78 is 6.19. The second-order valence-corrected chi connectivity index (χ2v) is 4.55. The van der Waals surface area contributed by atoms with Crippen molar-refractivity contribution in [3.8, 4) is 10.6 Å². The van der Waals surface area contributed by atoms with Crippen LogP contribution in [-0.4, -0.2) is 29.8 Å². The molecule has 18 heavy (non-hydrogen) atoms. The monoisotopic (exact) mass is 264 g/mol. The van der Waals surface area contributed by atoms with Gasteiger partial charge in [-0.05, 0) is 17.5 Å². The summed E-state index contributed by atoms with van der Waals surface area (Å²) in [7, 11) is 1.55. The van der Waals surface area contributed by atoms with E-state index < -0.39 is 0 Å². The van der Waals surface area contributed by atoms with E-state index in [1.54, 1.807) is 7.11 Å². The van der Waals surface area contributed by atoms with Crippen molar-refractivity contribution in [1.29, 1.82) is 0 Å². The van der Waals surface area contributed by atoms with Crippen LogP contribution in [0.5, 0.6) is 0 Å². The summed E-state index contributed by atoms with van der Waals surface area (Å²) >= 11 is 1.51. The van der Waals surface area contributed by atoms with E-state index in [9.17, 15) is 9.59 Å². The molecule has 0 spiro atoms. The molecule has 2 aromatic heterocycles. The predicted octanol–water partition coefficient (Wildman–Crippen LogP) is 1.43. The second-order valence-electron chi connectivity index (χ2n) is 3.60. The van der Waals surface area contributed by atoms with E-state index >= 15 is 0 Å². The molecule has 5 nitrogen and oxygen atoms in total. The van der Waals surface area contributed by atoms with Gasteiger partial charge in [-0.2, -0.15) is 5.10 Å². The van der Waals surface area contributed by atoms with Crippen molar-refractivity contribution in [3.05, 3.63) is 39.5 Å². The van der Waals surface area contributed by atoms with Crippen LogP contribution in [-0.2, 0) is 11.3 Å². The summed E-state index contributed by atoms with van der Waals surface area (Å²) in [4.78, 5) is 23.7. The van der Waals surface area contributed by atoms with Crippen molar-refractivity contribution >= 4 is 17.6 Å². The fourth-order valence-electron chi connectivity index (χ4n) is 1.52. The van der Waals surface area contributed by atoms with Gasteiger partial charge in [0.05, 0.1) is 23.6 Å². The molecule has 0 N–H and O–H groups in total. The van der Waals surface area contributed by atoms with Crippen LogP contribution in [0.15, 0.2) is 28.4 Å². The van der Waals surface area contributed by atoms with Crippen LogP contribution in [0.2, 0.25) is 0 Å². The van der Waals surface area contributed by atoms with Gasteiger partial charge in [0.1, 0.15) is 5.69 Å². The van der Waals surface area contributed by atoms with Gasteiger partial charge in [-0.15, -0.1) is 11.3 Å². The molecule has 0 bridgehead atoms. The van der Waals surface area contributed by atoms with Gasteiger partial charge in [0.25, 0.3) is 5.56 Å². The Morgan fingerprint density at radius 2 is 2.39 bits per heavy atom. The van der Waals surface area contributed by atoms with E-state index in [-0.39, 0.29) is 11.1 Å². The maximum absolute atomic E-state index is 11.8. The van der Waals surface area contributed by atoms with Crippen LogP contribution in [0.1, 0.15) is 10.4 Å². The summed E-state index contributed by atoms with van der Waals surface area (Å²) in [6.07, 6.45) is 0.560. The number of thiophene rings is 1. The molecule has 0 unspecified atom stereocenters. The number of carbonyl (C=O) groups is 1. The predicted molar refractivity (Wildman–Crippen MR) is 69.1 cm³/mol. The average molecular weight is 264 g/mol. The standard InChI is InChI=1S/C12H12N2O3S/c1-17-5-4-14-12(16)9(8-15)7-10(13-14)11-3-2-6-18-11/h2-3,6-8H,4-5H2,1H3. The van der Waals surface area contributed by atoms with Crippen LogP contribution < -0.4 is 5.56 Å². The van der Waals surface area contributed by atoms with Gasteiger partial charge < -0.3 is 4.74 Å². The lowest BCUT2D eigenvalue weighted by Gasteiger charge is -2.06. The third-order valence-electron chi connectivity index (χ3n) is 2.41. The molecule has 2 aromatic rings. The van der Waals surface area contributed by atoms with E-state index in [1.165, 1.54) is 22.1 Å². The van der Waals surface area contributed by atoms with Crippen LogP contribution in [0, 0.1) is 0 Å². The quantitative estimate of drug-likeness (QED) is 0.766. The third kappa shape index (κ3) is 2.55. The van der Waals surface area contributed by atoms with Gasteiger partial charge in [-0.1, -0.05) is 6.07 Å². The molecule has 0 radical (unpaired) electrons. The highest BCUT2D eigenvalue weighted by Gasteiger charge is 2.09. The third-order valence-corrected chi connectivity index (χ3v) is 3.30. The number of ether oxygens (including phenoxy) is 1. The van der Waals surface area contributed by atoms with Gasteiger partial charge in [0.2, 0.25) is 0 Å². The van der Waals surface area contributed by atoms with Gasteiger partial charge >= 0.3 is 0 Å². The molecule has 0 aliphatic carbocycles. The first kappa shape index (κ1) is 12.7. The van der Waals surface area contributed by atoms with Crippen LogP contribution in [0.25, 0.3) is 10.6 Å². The second kappa shape index (κ2) is 5.70. The molecule has 0 saturated carbocycles. The van der Waals surface area contributed by atoms with Crippen molar-refractivity contribution in [3.63, 3.8) is 0 Å². The molecular formula is C12H12N2O3S. The maximum atomic E-state index is 11.8. The van der Waals surface area contributed by atoms with Crippen LogP contribution >= 0.6 is 11.3 Å². The van der Waals surface area contributed by atoms with E-state index in [0.29, 0.717) is 25.1 Å². The number of carbonyl (C=O) groups excluding carboxylic acids is 1. The van der Waals surface area contributed by atoms with Crippen molar-refractivity contribution < 1.29 is 9.53 Å². The minimum absolute atomic E-state index is 0.115. The Hall–Kier alpha value is -1.79. The molecular weight excluding hydrogens is 252 g/mol. The normalized spacial score (nSPS) is 10.5. The number of rotatable bonds is 5. The lowest BCUT2D eigenvalue weighted by atomic mass is 10.2. The highest BCUT2D eigenvalue weighted by atomic mass is 32.1. The number of aldehydes is 1. The Morgan fingerprint density at radius 3 is 3.00 bits per heavy atom. The molecule has 0 saturated heterocycles. The number of nitrogens with zero attached hydrogens (tertiary/aromatic N) is 2. The number of aromatic nitrogens is 2. The molecule has 0 fully saturated rings. The zero-order valence-electron chi connectivity index (χ0n) is 9.83.